The lowest BCUT2D eigenvalue weighted by molar-refractivity contribution is -0.133. The van der Waals surface area contributed by atoms with Crippen LogP contribution in [0.3, 0.4) is 0 Å². The van der Waals surface area contributed by atoms with Gasteiger partial charge in [0.1, 0.15) is 33.4 Å². The fraction of sp³-hybridized carbons (Fsp3) is 0.259. The molecule has 3 heterocycles. The van der Waals surface area contributed by atoms with E-state index in [0.29, 0.717) is 23.7 Å². The van der Waals surface area contributed by atoms with Crippen LogP contribution in [0.2, 0.25) is 0 Å². The number of hydrogen-bond acceptors (Lipinski definition) is 5. The summed E-state index contributed by atoms with van der Waals surface area (Å²) in [5.41, 5.74) is 0.880. The molecule has 36 heavy (non-hydrogen) atoms. The number of nitrogens with one attached hydrogen (secondary N) is 1. The predicted molar refractivity (Wildman–Crippen MR) is 136 cm³/mol. The van der Waals surface area contributed by atoms with Crippen molar-refractivity contribution >= 4 is 33.4 Å². The van der Waals surface area contributed by atoms with E-state index < -0.39 is 5.54 Å². The topological polar surface area (TPSA) is 72.8 Å². The highest BCUT2D eigenvalue weighted by atomic mass is 32.1. The number of nitrogens with zero attached hydrogens (tertiary/aromatic N) is 2. The number of halogens is 1. The number of thiophene rings is 1. The lowest BCUT2D eigenvalue weighted by Crippen LogP contribution is -2.63. The minimum atomic E-state index is -1.19. The van der Waals surface area contributed by atoms with Gasteiger partial charge in [-0.2, -0.15) is 0 Å². The number of fused-ring (bicyclic) bond motifs is 3. The van der Waals surface area contributed by atoms with Crippen molar-refractivity contribution in [2.24, 2.45) is 0 Å². The number of hydrogen-bond donors (Lipinski definition) is 1. The van der Waals surface area contributed by atoms with Gasteiger partial charge in [-0.05, 0) is 54.3 Å². The van der Waals surface area contributed by atoms with E-state index in [4.69, 9.17) is 9.47 Å². The van der Waals surface area contributed by atoms with Crippen molar-refractivity contribution in [3.8, 4) is 11.5 Å². The number of carbonyl (C=O) groups excluding carboxylic acids is 2. The summed E-state index contributed by atoms with van der Waals surface area (Å²) >= 11 is 1.54. The van der Waals surface area contributed by atoms with Crippen LogP contribution in [-0.4, -0.2) is 41.0 Å². The predicted octanol–water partition coefficient (Wildman–Crippen LogP) is 4.59. The lowest BCUT2D eigenvalue weighted by atomic mass is 9.93. The van der Waals surface area contributed by atoms with Gasteiger partial charge in [0.2, 0.25) is 5.91 Å². The number of amides is 2. The molecule has 0 bridgehead atoms. The van der Waals surface area contributed by atoms with E-state index in [-0.39, 0.29) is 30.7 Å². The third kappa shape index (κ3) is 4.09. The third-order valence-corrected chi connectivity index (χ3v) is 7.66. The minimum absolute atomic E-state index is 0.172. The molecular formula is C27H26FN3O4S. The molecule has 0 aliphatic carbocycles. The molecule has 0 saturated heterocycles. The van der Waals surface area contributed by atoms with Crippen LogP contribution in [0.25, 0.3) is 10.2 Å². The molecule has 186 valence electrons. The first-order valence-electron chi connectivity index (χ1n) is 11.5. The van der Waals surface area contributed by atoms with E-state index in [1.165, 1.54) is 12.1 Å². The Morgan fingerprint density at radius 3 is 2.61 bits per heavy atom. The molecule has 2 amide bonds. The molecule has 0 radical (unpaired) electrons. The Morgan fingerprint density at radius 2 is 1.89 bits per heavy atom. The average Bonchev–Trinajstić information content (AvgIpc) is 3.48. The summed E-state index contributed by atoms with van der Waals surface area (Å²) in [6.45, 7) is 2.47. The Morgan fingerprint density at radius 1 is 1.11 bits per heavy atom. The zero-order chi connectivity index (χ0) is 25.4. The first kappa shape index (κ1) is 23.9. The van der Waals surface area contributed by atoms with Crippen molar-refractivity contribution in [2.45, 2.75) is 32.1 Å². The van der Waals surface area contributed by atoms with Crippen LogP contribution in [0.15, 0.2) is 60.0 Å². The van der Waals surface area contributed by atoms with Gasteiger partial charge in [-0.15, -0.1) is 11.3 Å². The smallest absolute Gasteiger partial charge is 0.271 e. The summed E-state index contributed by atoms with van der Waals surface area (Å²) in [6.07, 6.45) is 0. The molecule has 5 rings (SSSR count). The summed E-state index contributed by atoms with van der Waals surface area (Å²) in [7, 11) is 3.13. The number of aromatic nitrogens is 1. The standard InChI is InChI=1S/C27H26FN3O4S/c1-27(26(33)29-14-17-4-7-20(28)8-5-17)16-30-22(12-18-10-11-36-25(18)30)24(32)31(27)15-19-6-9-21(34-2)13-23(19)35-3/h4-13H,14-16H2,1-3H3,(H,29,33)/t27-/m1/s1. The Labute approximate surface area is 212 Å². The number of methoxy groups -OCH3 is 2. The van der Waals surface area contributed by atoms with Crippen LogP contribution in [0.4, 0.5) is 4.39 Å². The molecule has 9 heteroatoms. The summed E-state index contributed by atoms with van der Waals surface area (Å²) in [6, 6.07) is 15.2. The summed E-state index contributed by atoms with van der Waals surface area (Å²) in [4.78, 5) is 30.2. The Balaban J connectivity index is 1.52. The van der Waals surface area contributed by atoms with E-state index in [2.05, 4.69) is 5.32 Å². The maximum Gasteiger partial charge on any atom is 0.271 e. The Kier molecular flexibility index (Phi) is 6.17. The maximum atomic E-state index is 13.9. The minimum Gasteiger partial charge on any atom is -0.497 e. The zero-order valence-corrected chi connectivity index (χ0v) is 21.0. The van der Waals surface area contributed by atoms with Gasteiger partial charge in [0.15, 0.2) is 0 Å². The second-order valence-electron chi connectivity index (χ2n) is 8.95. The summed E-state index contributed by atoms with van der Waals surface area (Å²) < 4.78 is 26.1. The molecule has 1 N–H and O–H groups in total. The van der Waals surface area contributed by atoms with E-state index in [1.807, 2.05) is 28.1 Å². The van der Waals surface area contributed by atoms with Crippen LogP contribution in [-0.2, 0) is 24.4 Å². The van der Waals surface area contributed by atoms with Crippen LogP contribution in [0, 0.1) is 5.82 Å². The van der Waals surface area contributed by atoms with Gasteiger partial charge in [0.05, 0.1) is 27.3 Å². The second-order valence-corrected chi connectivity index (χ2v) is 9.84. The van der Waals surface area contributed by atoms with Gasteiger partial charge in [-0.3, -0.25) is 9.59 Å². The largest absolute Gasteiger partial charge is 0.497 e. The SMILES string of the molecule is COc1ccc(CN2C(=O)c3cc4ccsc4n3C[C@]2(C)C(=O)NCc2ccc(F)cc2)c(OC)c1. The molecule has 1 aliphatic heterocycles. The highest BCUT2D eigenvalue weighted by Gasteiger charge is 2.48. The lowest BCUT2D eigenvalue weighted by Gasteiger charge is -2.44. The number of ether oxygens (including phenoxy) is 2. The molecule has 0 unspecified atom stereocenters. The van der Waals surface area contributed by atoms with Crippen molar-refractivity contribution in [2.75, 3.05) is 14.2 Å². The monoisotopic (exact) mass is 507 g/mol. The third-order valence-electron chi connectivity index (χ3n) is 6.71. The fourth-order valence-electron chi connectivity index (χ4n) is 4.63. The van der Waals surface area contributed by atoms with Gasteiger partial charge >= 0.3 is 0 Å². The molecule has 0 saturated carbocycles. The fourth-order valence-corrected chi connectivity index (χ4v) is 5.53. The van der Waals surface area contributed by atoms with Crippen LogP contribution < -0.4 is 14.8 Å². The van der Waals surface area contributed by atoms with Gasteiger partial charge in [0.25, 0.3) is 5.91 Å². The van der Waals surface area contributed by atoms with Crippen molar-refractivity contribution < 1.29 is 23.5 Å². The number of benzene rings is 2. The van der Waals surface area contributed by atoms with Gasteiger partial charge < -0.3 is 24.3 Å². The zero-order valence-electron chi connectivity index (χ0n) is 20.2. The van der Waals surface area contributed by atoms with E-state index >= 15 is 0 Å². The van der Waals surface area contributed by atoms with Crippen molar-refractivity contribution in [3.63, 3.8) is 0 Å². The quantitative estimate of drug-likeness (QED) is 0.397. The Hall–Kier alpha value is -3.85. The van der Waals surface area contributed by atoms with Crippen molar-refractivity contribution in [1.82, 2.24) is 14.8 Å². The van der Waals surface area contributed by atoms with Crippen molar-refractivity contribution in [1.29, 1.82) is 0 Å². The molecule has 2 aromatic heterocycles. The highest BCUT2D eigenvalue weighted by Crippen LogP contribution is 2.37. The summed E-state index contributed by atoms with van der Waals surface area (Å²) in [5, 5.41) is 5.91. The first-order valence-corrected chi connectivity index (χ1v) is 12.3. The van der Waals surface area contributed by atoms with Crippen LogP contribution in [0.5, 0.6) is 11.5 Å². The number of carbonyl (C=O) groups is 2. The molecule has 2 aromatic carbocycles. The van der Waals surface area contributed by atoms with Gasteiger partial charge in [0, 0.05) is 23.6 Å². The van der Waals surface area contributed by atoms with E-state index in [9.17, 15) is 14.0 Å². The van der Waals surface area contributed by atoms with E-state index in [1.54, 1.807) is 61.6 Å². The van der Waals surface area contributed by atoms with Crippen LogP contribution in [0.1, 0.15) is 28.5 Å². The second kappa shape index (κ2) is 9.31. The Bertz CT molecular complexity index is 1450. The molecule has 4 aromatic rings. The molecular weight excluding hydrogens is 481 g/mol. The normalized spacial score (nSPS) is 17.2. The maximum absolute atomic E-state index is 13.9. The molecule has 0 spiro atoms. The molecule has 7 nitrogen and oxygen atoms in total. The molecule has 1 atom stereocenters. The average molecular weight is 508 g/mol. The number of rotatable bonds is 7. The highest BCUT2D eigenvalue weighted by molar-refractivity contribution is 7.16. The van der Waals surface area contributed by atoms with Gasteiger partial charge in [-0.25, -0.2) is 4.39 Å². The van der Waals surface area contributed by atoms with E-state index in [0.717, 1.165) is 21.3 Å². The first-order chi connectivity index (χ1) is 17.3. The molecule has 0 fully saturated rings. The van der Waals surface area contributed by atoms with Crippen LogP contribution >= 0.6 is 11.3 Å². The van der Waals surface area contributed by atoms with Gasteiger partial charge in [-0.1, -0.05) is 12.1 Å². The van der Waals surface area contributed by atoms with Crippen molar-refractivity contribution in [3.05, 3.63) is 82.6 Å². The molecule has 1 aliphatic rings. The summed E-state index contributed by atoms with van der Waals surface area (Å²) in [5.74, 6) is 0.334.